The molecule has 0 aliphatic heterocycles. The Morgan fingerprint density at radius 3 is 2.40 bits per heavy atom. The molecule has 1 unspecified atom stereocenters. The molecule has 0 saturated heterocycles. The van der Waals surface area contributed by atoms with Gasteiger partial charge in [-0.1, -0.05) is 36.8 Å². The minimum atomic E-state index is 0.0795. The quantitative estimate of drug-likeness (QED) is 0.789. The van der Waals surface area contributed by atoms with Crippen LogP contribution in [0, 0.1) is 5.41 Å². The van der Waals surface area contributed by atoms with Crippen molar-refractivity contribution in [2.45, 2.75) is 25.3 Å². The van der Waals surface area contributed by atoms with Crippen molar-refractivity contribution in [3.8, 4) is 0 Å². The van der Waals surface area contributed by atoms with Gasteiger partial charge < -0.3 is 10.4 Å². The topological polar surface area (TPSA) is 32.3 Å². The first kappa shape index (κ1) is 10.7. The van der Waals surface area contributed by atoms with Crippen molar-refractivity contribution in [1.82, 2.24) is 5.32 Å². The maximum atomic E-state index is 9.56. The van der Waals surface area contributed by atoms with E-state index >= 15 is 0 Å². The summed E-state index contributed by atoms with van der Waals surface area (Å²) in [5.41, 5.74) is 1.37. The van der Waals surface area contributed by atoms with Gasteiger partial charge in [0.1, 0.15) is 0 Å². The highest BCUT2D eigenvalue weighted by Crippen LogP contribution is 2.49. The van der Waals surface area contributed by atoms with E-state index in [1.165, 1.54) is 12.0 Å². The first-order valence-corrected chi connectivity index (χ1v) is 5.65. The molecular formula is C13H19NO. The van der Waals surface area contributed by atoms with Crippen LogP contribution in [-0.4, -0.2) is 18.8 Å². The molecule has 1 atom stereocenters. The van der Waals surface area contributed by atoms with Gasteiger partial charge >= 0.3 is 0 Å². The molecule has 2 heteroatoms. The van der Waals surface area contributed by atoms with Gasteiger partial charge in [0.05, 0.1) is 6.61 Å². The molecule has 0 radical (unpaired) electrons. The summed E-state index contributed by atoms with van der Waals surface area (Å²) in [7, 11) is 1.98. The van der Waals surface area contributed by atoms with E-state index in [9.17, 15) is 5.11 Å². The predicted molar refractivity (Wildman–Crippen MR) is 61.6 cm³/mol. The lowest BCUT2D eigenvalue weighted by Gasteiger charge is -2.46. The Morgan fingerprint density at radius 2 is 2.00 bits per heavy atom. The molecule has 2 rings (SSSR count). The van der Waals surface area contributed by atoms with Crippen molar-refractivity contribution >= 4 is 0 Å². The van der Waals surface area contributed by atoms with Crippen molar-refractivity contribution < 1.29 is 5.11 Å². The normalized spacial score (nSPS) is 20.7. The van der Waals surface area contributed by atoms with Crippen molar-refractivity contribution in [2.75, 3.05) is 13.7 Å². The molecule has 0 spiro atoms. The predicted octanol–water partition coefficient (Wildman–Crippen LogP) is 2.11. The summed E-state index contributed by atoms with van der Waals surface area (Å²) in [5, 5.41) is 12.9. The largest absolute Gasteiger partial charge is 0.396 e. The molecule has 1 fully saturated rings. The Labute approximate surface area is 91.3 Å². The van der Waals surface area contributed by atoms with Crippen LogP contribution in [0.15, 0.2) is 30.3 Å². The third-order valence-corrected chi connectivity index (χ3v) is 3.70. The van der Waals surface area contributed by atoms with Crippen LogP contribution >= 0.6 is 0 Å². The van der Waals surface area contributed by atoms with Gasteiger partial charge in [0.2, 0.25) is 0 Å². The Balaban J connectivity index is 2.24. The number of hydrogen-bond donors (Lipinski definition) is 2. The minimum Gasteiger partial charge on any atom is -0.396 e. The lowest BCUT2D eigenvalue weighted by atomic mass is 9.63. The number of aliphatic hydroxyl groups excluding tert-OH is 1. The molecule has 82 valence electrons. The summed E-state index contributed by atoms with van der Waals surface area (Å²) in [6.07, 6.45) is 3.50. The second-order valence-corrected chi connectivity index (χ2v) is 4.51. The van der Waals surface area contributed by atoms with Crippen molar-refractivity contribution in [2.24, 2.45) is 5.41 Å². The van der Waals surface area contributed by atoms with Gasteiger partial charge in [-0.3, -0.25) is 0 Å². The highest BCUT2D eigenvalue weighted by atomic mass is 16.3. The van der Waals surface area contributed by atoms with Crippen LogP contribution in [0.1, 0.15) is 30.9 Å². The number of aliphatic hydroxyl groups is 1. The number of benzene rings is 1. The van der Waals surface area contributed by atoms with Crippen LogP contribution in [0.3, 0.4) is 0 Å². The summed E-state index contributed by atoms with van der Waals surface area (Å²) >= 11 is 0. The van der Waals surface area contributed by atoms with Gasteiger partial charge in [0.15, 0.2) is 0 Å². The van der Waals surface area contributed by atoms with Gasteiger partial charge in [0, 0.05) is 11.5 Å². The standard InChI is InChI=1S/C13H19NO/c1-14-12(11-6-3-2-4-7-11)13(10-15)8-5-9-13/h2-4,6-7,12,14-15H,5,8-10H2,1H3. The summed E-state index contributed by atoms with van der Waals surface area (Å²) < 4.78 is 0. The fourth-order valence-corrected chi connectivity index (χ4v) is 2.64. The summed E-state index contributed by atoms with van der Waals surface area (Å²) in [5.74, 6) is 0. The SMILES string of the molecule is CNC(c1ccccc1)C1(CO)CCC1. The monoisotopic (exact) mass is 205 g/mol. The third-order valence-electron chi connectivity index (χ3n) is 3.70. The Bertz CT molecular complexity index is 300. The van der Waals surface area contributed by atoms with Crippen LogP contribution in [0.4, 0.5) is 0 Å². The number of rotatable bonds is 4. The molecule has 0 heterocycles. The lowest BCUT2D eigenvalue weighted by molar-refractivity contribution is 0.00783. The van der Waals surface area contributed by atoms with Crippen LogP contribution in [-0.2, 0) is 0 Å². The van der Waals surface area contributed by atoms with E-state index in [4.69, 9.17) is 0 Å². The molecule has 1 aromatic rings. The van der Waals surface area contributed by atoms with Crippen molar-refractivity contribution in [1.29, 1.82) is 0 Å². The lowest BCUT2D eigenvalue weighted by Crippen LogP contribution is -2.44. The van der Waals surface area contributed by atoms with Crippen LogP contribution in [0.25, 0.3) is 0 Å². The van der Waals surface area contributed by atoms with E-state index in [1.54, 1.807) is 0 Å². The second kappa shape index (κ2) is 4.33. The van der Waals surface area contributed by atoms with Gasteiger partial charge in [-0.25, -0.2) is 0 Å². The summed E-state index contributed by atoms with van der Waals surface area (Å²) in [4.78, 5) is 0. The van der Waals surface area contributed by atoms with Gasteiger partial charge in [-0.15, -0.1) is 0 Å². The van der Waals surface area contributed by atoms with E-state index in [1.807, 2.05) is 13.1 Å². The second-order valence-electron chi connectivity index (χ2n) is 4.51. The van der Waals surface area contributed by atoms with Crippen molar-refractivity contribution in [3.63, 3.8) is 0 Å². The Hall–Kier alpha value is -0.860. The smallest absolute Gasteiger partial charge is 0.0505 e. The first-order valence-electron chi connectivity index (χ1n) is 5.65. The van der Waals surface area contributed by atoms with Crippen LogP contribution in [0.5, 0.6) is 0 Å². The van der Waals surface area contributed by atoms with E-state index in [0.717, 1.165) is 12.8 Å². The molecule has 2 nitrogen and oxygen atoms in total. The highest BCUT2D eigenvalue weighted by Gasteiger charge is 2.43. The zero-order valence-electron chi connectivity index (χ0n) is 9.24. The summed E-state index contributed by atoms with van der Waals surface area (Å²) in [6, 6.07) is 10.7. The molecule has 1 aromatic carbocycles. The molecule has 2 N–H and O–H groups in total. The maximum absolute atomic E-state index is 9.56. The Kier molecular flexibility index (Phi) is 3.08. The molecule has 1 saturated carbocycles. The zero-order chi connectivity index (χ0) is 10.7. The average molecular weight is 205 g/mol. The molecule has 0 bridgehead atoms. The molecular weight excluding hydrogens is 186 g/mol. The maximum Gasteiger partial charge on any atom is 0.0505 e. The van der Waals surface area contributed by atoms with Gasteiger partial charge in [-0.2, -0.15) is 0 Å². The number of nitrogens with one attached hydrogen (secondary N) is 1. The molecule has 1 aliphatic rings. The minimum absolute atomic E-state index is 0.0795. The first-order chi connectivity index (χ1) is 7.32. The van der Waals surface area contributed by atoms with Crippen LogP contribution in [0.2, 0.25) is 0 Å². The number of hydrogen-bond acceptors (Lipinski definition) is 2. The van der Waals surface area contributed by atoms with E-state index < -0.39 is 0 Å². The molecule has 0 amide bonds. The van der Waals surface area contributed by atoms with E-state index in [-0.39, 0.29) is 18.1 Å². The van der Waals surface area contributed by atoms with Crippen LogP contribution < -0.4 is 5.32 Å². The zero-order valence-corrected chi connectivity index (χ0v) is 9.24. The fourth-order valence-electron chi connectivity index (χ4n) is 2.64. The average Bonchev–Trinajstić information content (AvgIpc) is 2.24. The fraction of sp³-hybridized carbons (Fsp3) is 0.538. The molecule has 1 aliphatic carbocycles. The van der Waals surface area contributed by atoms with E-state index in [0.29, 0.717) is 0 Å². The Morgan fingerprint density at radius 1 is 1.33 bits per heavy atom. The van der Waals surface area contributed by atoms with Crippen molar-refractivity contribution in [3.05, 3.63) is 35.9 Å². The molecule has 15 heavy (non-hydrogen) atoms. The third kappa shape index (κ3) is 1.80. The van der Waals surface area contributed by atoms with E-state index in [2.05, 4.69) is 29.6 Å². The molecule has 0 aromatic heterocycles. The van der Waals surface area contributed by atoms with Gasteiger partial charge in [-0.05, 0) is 25.5 Å². The highest BCUT2D eigenvalue weighted by molar-refractivity contribution is 5.22. The summed E-state index contributed by atoms with van der Waals surface area (Å²) in [6.45, 7) is 0.285. The van der Waals surface area contributed by atoms with Gasteiger partial charge in [0.25, 0.3) is 0 Å².